The molecule has 184 valence electrons. The maximum Gasteiger partial charge on any atom is 0.324 e. The minimum Gasteiger partial charge on any atom is -0.488 e. The van der Waals surface area contributed by atoms with Crippen molar-refractivity contribution in [3.05, 3.63) is 97.7 Å². The van der Waals surface area contributed by atoms with Crippen LogP contribution in [0.3, 0.4) is 0 Å². The number of carbonyl (C=O) groups excluding carboxylic acids is 2. The number of nitrogens with one attached hydrogen (secondary N) is 1. The molecule has 3 aromatic carbocycles. The Morgan fingerprint density at radius 1 is 1.03 bits per heavy atom. The average molecular weight is 660 g/mol. The van der Waals surface area contributed by atoms with Gasteiger partial charge in [-0.2, -0.15) is 0 Å². The molecule has 1 aliphatic heterocycles. The van der Waals surface area contributed by atoms with E-state index in [9.17, 15) is 9.59 Å². The zero-order valence-corrected chi connectivity index (χ0v) is 23.3. The Bertz CT molecular complexity index is 1430. The second-order valence-corrected chi connectivity index (χ2v) is 11.2. The Hall–Kier alpha value is -2.85. The van der Waals surface area contributed by atoms with Gasteiger partial charge in [0.2, 0.25) is 0 Å². The van der Waals surface area contributed by atoms with E-state index in [1.54, 1.807) is 13.8 Å². The molecule has 2 heterocycles. The van der Waals surface area contributed by atoms with E-state index in [0.717, 1.165) is 31.2 Å². The maximum atomic E-state index is 13.1. The van der Waals surface area contributed by atoms with Gasteiger partial charge in [0.15, 0.2) is 5.92 Å². The van der Waals surface area contributed by atoms with Gasteiger partial charge in [-0.15, -0.1) is 0 Å². The number of hydrogen-bond donors (Lipinski definition) is 1. The summed E-state index contributed by atoms with van der Waals surface area (Å²) in [6.45, 7) is 3.52. The summed E-state index contributed by atoms with van der Waals surface area (Å²) in [6.07, 6.45) is 1.84. The lowest BCUT2D eigenvalue weighted by molar-refractivity contribution is -0.240. The first-order chi connectivity index (χ1) is 17.2. The topological polar surface area (TPSA) is 77.6 Å². The van der Waals surface area contributed by atoms with Crippen molar-refractivity contribution in [2.75, 3.05) is 0 Å². The summed E-state index contributed by atoms with van der Waals surface area (Å²) < 4.78 is 18.9. The Morgan fingerprint density at radius 2 is 1.72 bits per heavy atom. The van der Waals surface area contributed by atoms with Crippen LogP contribution in [0, 0.1) is 9.49 Å². The van der Waals surface area contributed by atoms with Crippen LogP contribution in [0.1, 0.15) is 36.5 Å². The van der Waals surface area contributed by atoms with Crippen molar-refractivity contribution in [1.29, 1.82) is 0 Å². The summed E-state index contributed by atoms with van der Waals surface area (Å²) in [4.78, 5) is 29.5. The number of esters is 2. The van der Waals surface area contributed by atoms with E-state index in [4.69, 9.17) is 14.2 Å². The molecule has 1 saturated heterocycles. The van der Waals surface area contributed by atoms with Crippen molar-refractivity contribution in [2.45, 2.75) is 32.2 Å². The van der Waals surface area contributed by atoms with Gasteiger partial charge in [-0.1, -0.05) is 36.4 Å². The summed E-state index contributed by atoms with van der Waals surface area (Å²) in [5.41, 5.74) is 3.53. The van der Waals surface area contributed by atoms with Crippen molar-refractivity contribution in [3.63, 3.8) is 0 Å². The number of hydrogen-bond acceptors (Lipinski definition) is 5. The molecular formula is C28H23BrINO5. The molecule has 6 nitrogen and oxygen atoms in total. The molecule has 36 heavy (non-hydrogen) atoms. The number of rotatable bonds is 6. The number of halogens is 2. The number of para-hydroxylation sites is 1. The fourth-order valence-electron chi connectivity index (χ4n) is 4.47. The Kier molecular flexibility index (Phi) is 6.82. The first-order valence-corrected chi connectivity index (χ1v) is 13.3. The van der Waals surface area contributed by atoms with Crippen molar-refractivity contribution >= 4 is 61.4 Å². The minimum absolute atomic E-state index is 0.414. The Labute approximate surface area is 230 Å². The van der Waals surface area contributed by atoms with Crippen molar-refractivity contribution in [3.8, 4) is 5.75 Å². The SMILES string of the molecule is CC1(C)OC(=O)C([C@H](c2ccc(OCc3ccc(I)cc3)c(Br)c2)c2c[nH]c3ccccc23)C(=O)O1. The zero-order valence-electron chi connectivity index (χ0n) is 19.6. The van der Waals surface area contributed by atoms with Crippen LogP contribution in [-0.4, -0.2) is 22.7 Å². The number of benzene rings is 3. The summed E-state index contributed by atoms with van der Waals surface area (Å²) in [5, 5.41) is 0.920. The van der Waals surface area contributed by atoms with E-state index in [2.05, 4.69) is 43.5 Å². The predicted molar refractivity (Wildman–Crippen MR) is 148 cm³/mol. The third-order valence-corrected chi connectivity index (χ3v) is 7.45. The minimum atomic E-state index is -1.30. The van der Waals surface area contributed by atoms with Crippen LogP contribution in [0.5, 0.6) is 5.75 Å². The van der Waals surface area contributed by atoms with Crippen LogP contribution in [0.2, 0.25) is 0 Å². The number of aromatic amines is 1. The van der Waals surface area contributed by atoms with Gasteiger partial charge in [0, 0.05) is 40.4 Å². The highest BCUT2D eigenvalue weighted by atomic mass is 127. The molecule has 0 amide bonds. The number of carbonyl (C=O) groups is 2. The fraction of sp³-hybridized carbons (Fsp3) is 0.214. The highest BCUT2D eigenvalue weighted by Gasteiger charge is 2.48. The number of fused-ring (bicyclic) bond motifs is 1. The lowest BCUT2D eigenvalue weighted by Crippen LogP contribution is -2.48. The molecule has 0 saturated carbocycles. The second kappa shape index (κ2) is 9.89. The highest BCUT2D eigenvalue weighted by molar-refractivity contribution is 14.1. The lowest BCUT2D eigenvalue weighted by atomic mass is 9.80. The standard InChI is InChI=1S/C28H23BrINO5/c1-28(2)35-26(32)25(27(33)36-28)24(20-14-31-22-6-4-3-5-19(20)22)17-9-12-23(21(29)13-17)34-15-16-7-10-18(30)11-8-16/h3-14,24-25,31H,15H2,1-2H3/t24-/m1/s1. The molecule has 0 bridgehead atoms. The number of H-pyrrole nitrogens is 1. The van der Waals surface area contributed by atoms with E-state index in [1.807, 2.05) is 72.9 Å². The summed E-state index contributed by atoms with van der Waals surface area (Å²) in [6, 6.07) is 21.5. The molecule has 1 N–H and O–H groups in total. The van der Waals surface area contributed by atoms with Gasteiger partial charge in [-0.25, -0.2) is 0 Å². The molecule has 0 aliphatic carbocycles. The third kappa shape index (κ3) is 5.01. The van der Waals surface area contributed by atoms with Crippen molar-refractivity contribution in [2.24, 2.45) is 5.92 Å². The van der Waals surface area contributed by atoms with Gasteiger partial charge < -0.3 is 19.2 Å². The number of aromatic nitrogens is 1. The predicted octanol–water partition coefficient (Wildman–Crippen LogP) is 6.70. The van der Waals surface area contributed by atoms with Gasteiger partial charge >= 0.3 is 11.9 Å². The average Bonchev–Trinajstić information content (AvgIpc) is 3.25. The molecule has 4 aromatic rings. The third-order valence-electron chi connectivity index (χ3n) is 6.11. The van der Waals surface area contributed by atoms with Crippen LogP contribution in [0.15, 0.2) is 77.4 Å². The van der Waals surface area contributed by atoms with Gasteiger partial charge in [0.05, 0.1) is 4.47 Å². The second-order valence-electron chi connectivity index (χ2n) is 9.09. The molecule has 8 heteroatoms. The zero-order chi connectivity index (χ0) is 25.4. The first kappa shape index (κ1) is 24.8. The largest absolute Gasteiger partial charge is 0.488 e. The molecule has 1 aliphatic rings. The van der Waals surface area contributed by atoms with E-state index in [-0.39, 0.29) is 0 Å². The maximum absolute atomic E-state index is 13.1. The smallest absolute Gasteiger partial charge is 0.324 e. The fourth-order valence-corrected chi connectivity index (χ4v) is 5.34. The van der Waals surface area contributed by atoms with Crippen molar-refractivity contribution < 1.29 is 23.8 Å². The van der Waals surface area contributed by atoms with Gasteiger partial charge in [-0.05, 0) is 85.5 Å². The van der Waals surface area contributed by atoms with Gasteiger partial charge in [-0.3, -0.25) is 9.59 Å². The number of ether oxygens (including phenoxy) is 3. The van der Waals surface area contributed by atoms with Crippen LogP contribution in [-0.2, 0) is 25.7 Å². The molecule has 0 unspecified atom stereocenters. The van der Waals surface area contributed by atoms with E-state index in [1.165, 1.54) is 0 Å². The molecular weight excluding hydrogens is 637 g/mol. The van der Waals surface area contributed by atoms with Gasteiger partial charge in [0.1, 0.15) is 12.4 Å². The summed E-state index contributed by atoms with van der Waals surface area (Å²) in [5.74, 6) is -3.64. The normalized spacial score (nSPS) is 16.4. The van der Waals surface area contributed by atoms with Crippen molar-refractivity contribution in [1.82, 2.24) is 4.98 Å². The lowest BCUT2D eigenvalue weighted by Gasteiger charge is -2.36. The highest BCUT2D eigenvalue weighted by Crippen LogP contribution is 2.42. The van der Waals surface area contributed by atoms with E-state index in [0.29, 0.717) is 16.8 Å². The first-order valence-electron chi connectivity index (χ1n) is 11.4. The van der Waals surface area contributed by atoms with Crippen LogP contribution in [0.25, 0.3) is 10.9 Å². The number of cyclic esters (lactones) is 2. The molecule has 5 rings (SSSR count). The quantitative estimate of drug-likeness (QED) is 0.142. The van der Waals surface area contributed by atoms with Gasteiger partial charge in [0.25, 0.3) is 5.79 Å². The molecule has 1 atom stereocenters. The van der Waals surface area contributed by atoms with E-state index < -0.39 is 29.6 Å². The molecule has 0 spiro atoms. The van der Waals surface area contributed by atoms with Crippen LogP contribution >= 0.6 is 38.5 Å². The molecule has 0 radical (unpaired) electrons. The Balaban J connectivity index is 1.52. The molecule has 1 aromatic heterocycles. The van der Waals surface area contributed by atoms with E-state index >= 15 is 0 Å². The summed E-state index contributed by atoms with van der Waals surface area (Å²) in [7, 11) is 0. The summed E-state index contributed by atoms with van der Waals surface area (Å²) >= 11 is 5.89. The van der Waals surface area contributed by atoms with Crippen LogP contribution in [0.4, 0.5) is 0 Å². The molecule has 1 fully saturated rings. The Morgan fingerprint density at radius 3 is 2.42 bits per heavy atom. The van der Waals surface area contributed by atoms with Crippen LogP contribution < -0.4 is 4.74 Å². The monoisotopic (exact) mass is 659 g/mol.